The second-order valence-electron chi connectivity index (χ2n) is 6.77. The Bertz CT molecular complexity index is 1060. The van der Waals surface area contributed by atoms with Crippen LogP contribution in [-0.2, 0) is 20.9 Å². The van der Waals surface area contributed by atoms with Crippen molar-refractivity contribution in [1.82, 2.24) is 9.78 Å². The summed E-state index contributed by atoms with van der Waals surface area (Å²) in [5, 5.41) is 7.35. The molecule has 0 bridgehead atoms. The minimum Gasteiger partial charge on any atom is -0.493 e. The lowest BCUT2D eigenvalue weighted by Crippen LogP contribution is -2.25. The van der Waals surface area contributed by atoms with Gasteiger partial charge in [0, 0.05) is 17.9 Å². The van der Waals surface area contributed by atoms with Crippen LogP contribution >= 0.6 is 0 Å². The van der Waals surface area contributed by atoms with E-state index in [2.05, 4.69) is 15.2 Å². The predicted molar refractivity (Wildman–Crippen MR) is 106 cm³/mol. The van der Waals surface area contributed by atoms with E-state index in [1.54, 1.807) is 23.2 Å². The summed E-state index contributed by atoms with van der Waals surface area (Å²) in [6.07, 6.45) is 3.64. The van der Waals surface area contributed by atoms with Crippen LogP contribution in [0, 0.1) is 0 Å². The molecule has 1 N–H and O–H groups in total. The van der Waals surface area contributed by atoms with Crippen LogP contribution in [0.1, 0.15) is 29.2 Å². The molecule has 9 heteroatoms. The van der Waals surface area contributed by atoms with E-state index in [1.807, 2.05) is 24.3 Å². The summed E-state index contributed by atoms with van der Waals surface area (Å²) in [5.41, 5.74) is 1.79. The van der Waals surface area contributed by atoms with Crippen molar-refractivity contribution in [2.24, 2.45) is 0 Å². The maximum Gasteiger partial charge on any atom is 0.343 e. The number of ether oxygens (including phenoxy) is 3. The van der Waals surface area contributed by atoms with E-state index in [4.69, 9.17) is 13.9 Å². The number of carbonyl (C=O) groups excluding carboxylic acids is 2. The Morgan fingerprint density at radius 2 is 2.17 bits per heavy atom. The molecule has 156 valence electrons. The third kappa shape index (κ3) is 3.86. The minimum absolute atomic E-state index is 0.0984. The molecule has 0 spiro atoms. The van der Waals surface area contributed by atoms with Crippen molar-refractivity contribution in [3.63, 3.8) is 0 Å². The van der Waals surface area contributed by atoms with Gasteiger partial charge in [0.15, 0.2) is 18.1 Å². The summed E-state index contributed by atoms with van der Waals surface area (Å²) in [5.74, 6) is 1.50. The molecule has 4 rings (SSSR count). The summed E-state index contributed by atoms with van der Waals surface area (Å²) in [6, 6.07) is 9.04. The van der Waals surface area contributed by atoms with E-state index < -0.39 is 5.97 Å². The zero-order valence-corrected chi connectivity index (χ0v) is 16.6. The molecule has 1 aliphatic rings. The highest BCUT2D eigenvalue weighted by molar-refractivity contribution is 5.94. The molecular weight excluding hydrogens is 390 g/mol. The number of aromatic nitrogens is 2. The number of benzene rings is 1. The van der Waals surface area contributed by atoms with Crippen LogP contribution in [0.25, 0.3) is 0 Å². The lowest BCUT2D eigenvalue weighted by Gasteiger charge is -2.24. The molecule has 1 atom stereocenters. The lowest BCUT2D eigenvalue weighted by molar-refractivity contribution is -0.142. The van der Waals surface area contributed by atoms with Crippen LogP contribution in [0.2, 0.25) is 0 Å². The molecule has 3 heterocycles. The number of amides is 1. The molecule has 0 aliphatic carbocycles. The molecule has 1 aromatic carbocycles. The first kappa shape index (κ1) is 19.6. The molecule has 0 saturated heterocycles. The van der Waals surface area contributed by atoms with Crippen molar-refractivity contribution in [2.75, 3.05) is 26.1 Å². The number of fused-ring (bicyclic) bond motifs is 1. The quantitative estimate of drug-likeness (QED) is 0.596. The van der Waals surface area contributed by atoms with Gasteiger partial charge in [0.1, 0.15) is 18.1 Å². The highest BCUT2D eigenvalue weighted by Gasteiger charge is 2.30. The monoisotopic (exact) mass is 411 g/mol. The zero-order chi connectivity index (χ0) is 21.1. The molecule has 3 aromatic rings. The van der Waals surface area contributed by atoms with Crippen molar-refractivity contribution in [1.29, 1.82) is 0 Å². The van der Waals surface area contributed by atoms with Gasteiger partial charge in [-0.15, -0.1) is 0 Å². The smallest absolute Gasteiger partial charge is 0.343 e. The third-order valence-electron chi connectivity index (χ3n) is 4.94. The minimum atomic E-state index is -0.487. The molecule has 0 fully saturated rings. The molecule has 9 nitrogen and oxygen atoms in total. The summed E-state index contributed by atoms with van der Waals surface area (Å²) in [7, 11) is 2.81. The number of rotatable bonds is 7. The fraction of sp³-hybridized carbons (Fsp3) is 0.286. The first-order valence-corrected chi connectivity index (χ1v) is 9.34. The maximum atomic E-state index is 12.4. The van der Waals surface area contributed by atoms with E-state index >= 15 is 0 Å². The standard InChI is InChI=1S/C21H21N3O6/c1-27-18-8-13(5-6-17(18)30-12-20(26)28-2)15-9-19(25)23-21-16(15)10-22-24(21)11-14-4-3-7-29-14/h3-8,10,15H,9,11-12H2,1-2H3,(H,23,25)/t15-/m1/s1. The molecule has 0 radical (unpaired) electrons. The normalized spacial score (nSPS) is 15.3. The Morgan fingerprint density at radius 1 is 1.30 bits per heavy atom. The topological polar surface area (TPSA) is 105 Å². The fourth-order valence-electron chi connectivity index (χ4n) is 3.45. The van der Waals surface area contributed by atoms with Crippen LogP contribution in [0.15, 0.2) is 47.2 Å². The number of furan rings is 1. The highest BCUT2D eigenvalue weighted by atomic mass is 16.6. The lowest BCUT2D eigenvalue weighted by atomic mass is 9.87. The Balaban J connectivity index is 1.62. The maximum absolute atomic E-state index is 12.4. The second-order valence-corrected chi connectivity index (χ2v) is 6.77. The van der Waals surface area contributed by atoms with E-state index in [-0.39, 0.29) is 24.9 Å². The highest BCUT2D eigenvalue weighted by Crippen LogP contribution is 2.40. The molecular formula is C21H21N3O6. The molecule has 0 saturated carbocycles. The number of carbonyl (C=O) groups is 2. The molecule has 0 unspecified atom stereocenters. The van der Waals surface area contributed by atoms with E-state index in [0.717, 1.165) is 16.9 Å². The van der Waals surface area contributed by atoms with Gasteiger partial charge in [0.05, 0.1) is 26.7 Å². The van der Waals surface area contributed by atoms with Crippen molar-refractivity contribution < 1.29 is 28.2 Å². The summed E-state index contributed by atoms with van der Waals surface area (Å²) in [4.78, 5) is 23.8. The van der Waals surface area contributed by atoms with Crippen molar-refractivity contribution in [3.8, 4) is 11.5 Å². The van der Waals surface area contributed by atoms with Gasteiger partial charge in [-0.1, -0.05) is 6.07 Å². The second kappa shape index (κ2) is 8.32. The Labute approximate surface area is 172 Å². The predicted octanol–water partition coefficient (Wildman–Crippen LogP) is 2.56. The van der Waals surface area contributed by atoms with E-state index in [9.17, 15) is 9.59 Å². The molecule has 1 aliphatic heterocycles. The third-order valence-corrected chi connectivity index (χ3v) is 4.94. The number of methoxy groups -OCH3 is 2. The average Bonchev–Trinajstić information content (AvgIpc) is 3.42. The largest absolute Gasteiger partial charge is 0.493 e. The number of nitrogens with zero attached hydrogens (tertiary/aromatic N) is 2. The van der Waals surface area contributed by atoms with Gasteiger partial charge in [0.2, 0.25) is 5.91 Å². The molecule has 30 heavy (non-hydrogen) atoms. The summed E-state index contributed by atoms with van der Waals surface area (Å²) in [6.45, 7) is 0.195. The van der Waals surface area contributed by atoms with Gasteiger partial charge >= 0.3 is 5.97 Å². The van der Waals surface area contributed by atoms with Gasteiger partial charge in [-0.3, -0.25) is 4.79 Å². The van der Waals surface area contributed by atoms with Crippen molar-refractivity contribution >= 4 is 17.7 Å². The summed E-state index contributed by atoms with van der Waals surface area (Å²) >= 11 is 0. The van der Waals surface area contributed by atoms with Crippen molar-refractivity contribution in [2.45, 2.75) is 18.9 Å². The molecule has 2 aromatic heterocycles. The van der Waals surface area contributed by atoms with Crippen LogP contribution < -0.4 is 14.8 Å². The van der Waals surface area contributed by atoms with Gasteiger partial charge < -0.3 is 23.9 Å². The van der Waals surface area contributed by atoms with E-state index in [1.165, 1.54) is 14.2 Å². The van der Waals surface area contributed by atoms with Crippen LogP contribution in [-0.4, -0.2) is 42.5 Å². The number of hydrogen-bond acceptors (Lipinski definition) is 7. The van der Waals surface area contributed by atoms with Gasteiger partial charge in [-0.25, -0.2) is 9.48 Å². The molecule has 1 amide bonds. The fourth-order valence-corrected chi connectivity index (χ4v) is 3.45. The zero-order valence-electron chi connectivity index (χ0n) is 16.6. The number of anilines is 1. The van der Waals surface area contributed by atoms with Crippen molar-refractivity contribution in [3.05, 3.63) is 59.7 Å². The van der Waals surface area contributed by atoms with Gasteiger partial charge in [0.25, 0.3) is 0 Å². The van der Waals surface area contributed by atoms with E-state index in [0.29, 0.717) is 23.9 Å². The van der Waals surface area contributed by atoms with Crippen LogP contribution in [0.3, 0.4) is 0 Å². The van der Waals surface area contributed by atoms with Gasteiger partial charge in [-0.2, -0.15) is 5.10 Å². The number of hydrogen-bond donors (Lipinski definition) is 1. The first-order chi connectivity index (χ1) is 14.6. The number of esters is 1. The Kier molecular flexibility index (Phi) is 5.42. The first-order valence-electron chi connectivity index (χ1n) is 9.34. The van der Waals surface area contributed by atoms with Gasteiger partial charge in [-0.05, 0) is 29.8 Å². The number of nitrogens with one attached hydrogen (secondary N) is 1. The average molecular weight is 411 g/mol. The SMILES string of the molecule is COC(=O)COc1ccc([C@H]2CC(=O)Nc3c2cnn3Cc2ccco2)cc1OC. The Hall–Kier alpha value is -3.75. The summed E-state index contributed by atoms with van der Waals surface area (Å²) < 4.78 is 22.6. The Morgan fingerprint density at radius 3 is 2.90 bits per heavy atom. The van der Waals surface area contributed by atoms with Crippen LogP contribution in [0.5, 0.6) is 11.5 Å². The van der Waals surface area contributed by atoms with Crippen LogP contribution in [0.4, 0.5) is 5.82 Å².